The predicted octanol–water partition coefficient (Wildman–Crippen LogP) is 2.94. The molecule has 1 N–H and O–H groups in total. The monoisotopic (exact) mass is 348 g/mol. The maximum absolute atomic E-state index is 10.7. The first-order valence-electron chi connectivity index (χ1n) is 6.84. The van der Waals surface area contributed by atoms with Crippen LogP contribution in [0.5, 0.6) is 0 Å². The molecule has 1 atom stereocenters. The lowest BCUT2D eigenvalue weighted by atomic mass is 10.0. The molecule has 3 aromatic heterocycles. The number of halogens is 1. The molecular weight excluding hydrogens is 332 g/mol. The standard InChI is InChI=1S/C15H17BrN4O/c1-4-20-8-11(10-6-5-9(2)17-15(10)20)13(21)12-7-19(3)18-14(12)16/h5-8,13,21H,4H2,1-3H3. The largest absolute Gasteiger partial charge is 0.383 e. The van der Waals surface area contributed by atoms with E-state index >= 15 is 0 Å². The van der Waals surface area contributed by atoms with Crippen molar-refractivity contribution in [3.05, 3.63) is 46.0 Å². The summed E-state index contributed by atoms with van der Waals surface area (Å²) in [6, 6.07) is 3.99. The number of pyridine rings is 1. The van der Waals surface area contributed by atoms with Crippen molar-refractivity contribution in [2.75, 3.05) is 0 Å². The van der Waals surface area contributed by atoms with E-state index in [1.165, 1.54) is 0 Å². The van der Waals surface area contributed by atoms with Gasteiger partial charge in [-0.2, -0.15) is 5.10 Å². The number of rotatable bonds is 3. The van der Waals surface area contributed by atoms with E-state index < -0.39 is 6.10 Å². The Kier molecular flexibility index (Phi) is 3.59. The zero-order valence-electron chi connectivity index (χ0n) is 12.2. The maximum Gasteiger partial charge on any atom is 0.140 e. The van der Waals surface area contributed by atoms with Crippen molar-refractivity contribution in [2.24, 2.45) is 7.05 Å². The smallest absolute Gasteiger partial charge is 0.140 e. The molecule has 0 aliphatic rings. The third-order valence-corrected chi connectivity index (χ3v) is 4.25. The first-order chi connectivity index (χ1) is 10.0. The topological polar surface area (TPSA) is 55.9 Å². The molecule has 0 fully saturated rings. The Balaban J connectivity index is 2.18. The Bertz CT molecular complexity index is 805. The summed E-state index contributed by atoms with van der Waals surface area (Å²) in [5.74, 6) is 0. The molecule has 0 aliphatic carbocycles. The molecule has 110 valence electrons. The lowest BCUT2D eigenvalue weighted by molar-refractivity contribution is 0.220. The van der Waals surface area contributed by atoms with E-state index in [-0.39, 0.29) is 0 Å². The summed E-state index contributed by atoms with van der Waals surface area (Å²) in [4.78, 5) is 4.59. The average Bonchev–Trinajstić information content (AvgIpc) is 2.97. The molecule has 1 unspecified atom stereocenters. The van der Waals surface area contributed by atoms with Crippen molar-refractivity contribution in [3.8, 4) is 0 Å². The Morgan fingerprint density at radius 1 is 1.29 bits per heavy atom. The summed E-state index contributed by atoms with van der Waals surface area (Å²) < 4.78 is 4.41. The lowest BCUT2D eigenvalue weighted by Gasteiger charge is -2.07. The van der Waals surface area contributed by atoms with Gasteiger partial charge in [0, 0.05) is 48.2 Å². The molecule has 0 amide bonds. The molecule has 0 bridgehead atoms. The van der Waals surface area contributed by atoms with Gasteiger partial charge >= 0.3 is 0 Å². The van der Waals surface area contributed by atoms with Gasteiger partial charge in [-0.3, -0.25) is 4.68 Å². The molecule has 21 heavy (non-hydrogen) atoms. The molecule has 3 aromatic rings. The fourth-order valence-electron chi connectivity index (χ4n) is 2.58. The zero-order chi connectivity index (χ0) is 15.1. The number of hydrogen-bond donors (Lipinski definition) is 1. The first-order valence-corrected chi connectivity index (χ1v) is 7.64. The van der Waals surface area contributed by atoms with Gasteiger partial charge in [0.2, 0.25) is 0 Å². The highest BCUT2D eigenvalue weighted by Crippen LogP contribution is 2.33. The molecule has 0 saturated carbocycles. The van der Waals surface area contributed by atoms with Gasteiger partial charge in [-0.15, -0.1) is 0 Å². The quantitative estimate of drug-likeness (QED) is 0.791. The van der Waals surface area contributed by atoms with Gasteiger partial charge < -0.3 is 9.67 Å². The van der Waals surface area contributed by atoms with Crippen molar-refractivity contribution in [1.82, 2.24) is 19.3 Å². The average molecular weight is 349 g/mol. The van der Waals surface area contributed by atoms with Crippen LogP contribution in [0.15, 0.2) is 29.1 Å². The van der Waals surface area contributed by atoms with Crippen molar-refractivity contribution in [1.29, 1.82) is 0 Å². The van der Waals surface area contributed by atoms with Crippen molar-refractivity contribution < 1.29 is 5.11 Å². The number of hydrogen-bond acceptors (Lipinski definition) is 3. The lowest BCUT2D eigenvalue weighted by Crippen LogP contribution is -1.99. The number of aliphatic hydroxyl groups excluding tert-OH is 1. The van der Waals surface area contributed by atoms with Crippen LogP contribution in [0.3, 0.4) is 0 Å². The molecule has 3 heterocycles. The van der Waals surface area contributed by atoms with Crippen LogP contribution in [0, 0.1) is 6.92 Å². The number of nitrogens with zero attached hydrogens (tertiary/aromatic N) is 4. The van der Waals surface area contributed by atoms with Crippen LogP contribution in [-0.4, -0.2) is 24.4 Å². The van der Waals surface area contributed by atoms with Gasteiger partial charge in [0.25, 0.3) is 0 Å². The van der Waals surface area contributed by atoms with Crippen molar-refractivity contribution in [3.63, 3.8) is 0 Å². The minimum Gasteiger partial charge on any atom is -0.383 e. The van der Waals surface area contributed by atoms with Crippen LogP contribution in [0.4, 0.5) is 0 Å². The minimum absolute atomic E-state index is 0.662. The Hall–Kier alpha value is -1.66. The van der Waals surface area contributed by atoms with Crippen LogP contribution < -0.4 is 0 Å². The molecular formula is C15H17BrN4O. The highest BCUT2D eigenvalue weighted by atomic mass is 79.9. The second kappa shape index (κ2) is 5.27. The fraction of sp³-hybridized carbons (Fsp3) is 0.333. The molecule has 0 saturated heterocycles. The van der Waals surface area contributed by atoms with Crippen molar-refractivity contribution >= 4 is 27.0 Å². The van der Waals surface area contributed by atoms with Crippen LogP contribution in [-0.2, 0) is 13.6 Å². The molecule has 0 aromatic carbocycles. The normalized spacial score (nSPS) is 13.0. The SMILES string of the molecule is CCn1cc(C(O)c2cn(C)nc2Br)c2ccc(C)nc21. The Morgan fingerprint density at radius 2 is 2.05 bits per heavy atom. The summed E-state index contributed by atoms with van der Waals surface area (Å²) in [5.41, 5.74) is 3.49. The number of aliphatic hydroxyl groups is 1. The van der Waals surface area contributed by atoms with Gasteiger partial charge in [0.15, 0.2) is 0 Å². The molecule has 0 radical (unpaired) electrons. The third kappa shape index (κ3) is 2.38. The summed E-state index contributed by atoms with van der Waals surface area (Å²) >= 11 is 3.40. The second-order valence-corrected chi connectivity index (χ2v) is 5.90. The predicted molar refractivity (Wildman–Crippen MR) is 85.1 cm³/mol. The summed E-state index contributed by atoms with van der Waals surface area (Å²) in [6.45, 7) is 4.85. The van der Waals surface area contributed by atoms with E-state index in [2.05, 4.69) is 37.5 Å². The Morgan fingerprint density at radius 3 is 2.67 bits per heavy atom. The van der Waals surface area contributed by atoms with Gasteiger partial charge in [-0.25, -0.2) is 4.98 Å². The highest BCUT2D eigenvalue weighted by Gasteiger charge is 2.21. The molecule has 6 heteroatoms. The van der Waals surface area contributed by atoms with Crippen LogP contribution in [0.1, 0.15) is 29.8 Å². The van der Waals surface area contributed by atoms with Crippen LogP contribution in [0.25, 0.3) is 11.0 Å². The second-order valence-electron chi connectivity index (χ2n) is 5.15. The summed E-state index contributed by atoms with van der Waals surface area (Å²) in [6.07, 6.45) is 3.07. The van der Waals surface area contributed by atoms with Crippen molar-refractivity contribution in [2.45, 2.75) is 26.5 Å². The molecule has 0 aliphatic heterocycles. The third-order valence-electron chi connectivity index (χ3n) is 3.63. The summed E-state index contributed by atoms with van der Waals surface area (Å²) in [5, 5.41) is 15.9. The Labute approximate surface area is 131 Å². The van der Waals surface area contributed by atoms with Gasteiger partial charge in [0.05, 0.1) is 0 Å². The van der Waals surface area contributed by atoms with E-state index in [0.29, 0.717) is 4.60 Å². The van der Waals surface area contributed by atoms with Gasteiger partial charge in [-0.1, -0.05) is 0 Å². The number of aryl methyl sites for hydroxylation is 3. The summed E-state index contributed by atoms with van der Waals surface area (Å²) in [7, 11) is 1.83. The molecule has 0 spiro atoms. The van der Waals surface area contributed by atoms with Gasteiger partial charge in [-0.05, 0) is 41.9 Å². The van der Waals surface area contributed by atoms with Gasteiger partial charge in [0.1, 0.15) is 16.4 Å². The van der Waals surface area contributed by atoms with E-state index in [1.807, 2.05) is 38.5 Å². The van der Waals surface area contributed by atoms with E-state index in [0.717, 1.165) is 34.4 Å². The minimum atomic E-state index is -0.729. The number of aromatic nitrogens is 4. The van der Waals surface area contributed by atoms with Crippen LogP contribution >= 0.6 is 15.9 Å². The maximum atomic E-state index is 10.7. The zero-order valence-corrected chi connectivity index (χ0v) is 13.8. The van der Waals surface area contributed by atoms with E-state index in [4.69, 9.17) is 0 Å². The van der Waals surface area contributed by atoms with E-state index in [1.54, 1.807) is 4.68 Å². The highest BCUT2D eigenvalue weighted by molar-refractivity contribution is 9.10. The molecule has 5 nitrogen and oxygen atoms in total. The molecule has 3 rings (SSSR count). The first kappa shape index (κ1) is 14.3. The number of fused-ring (bicyclic) bond motifs is 1. The fourth-order valence-corrected chi connectivity index (χ4v) is 3.14. The van der Waals surface area contributed by atoms with E-state index in [9.17, 15) is 5.11 Å². The van der Waals surface area contributed by atoms with Crippen LogP contribution in [0.2, 0.25) is 0 Å².